The van der Waals surface area contributed by atoms with Gasteiger partial charge in [0.1, 0.15) is 0 Å². The molecule has 2 aliphatic heterocycles. The Labute approximate surface area is 214 Å². The maximum absolute atomic E-state index is 12.9. The lowest BCUT2D eigenvalue weighted by atomic mass is 10.0. The van der Waals surface area contributed by atoms with Crippen LogP contribution in [0.15, 0.2) is 36.5 Å². The van der Waals surface area contributed by atoms with Crippen molar-refractivity contribution in [2.75, 3.05) is 29.9 Å². The van der Waals surface area contributed by atoms with E-state index in [0.29, 0.717) is 42.2 Å². The maximum atomic E-state index is 12.9. The molecular formula is C24H21Cl2F3N4O3. The van der Waals surface area contributed by atoms with E-state index >= 15 is 0 Å². The molecule has 12 heteroatoms. The van der Waals surface area contributed by atoms with Crippen molar-refractivity contribution in [1.29, 1.82) is 0 Å². The Morgan fingerprint density at radius 2 is 1.94 bits per heavy atom. The minimum atomic E-state index is -4.58. The minimum Gasteiger partial charge on any atom is -0.390 e. The van der Waals surface area contributed by atoms with Gasteiger partial charge in [0.25, 0.3) is 0 Å². The molecule has 190 valence electrons. The van der Waals surface area contributed by atoms with E-state index in [1.54, 1.807) is 18.3 Å². The van der Waals surface area contributed by atoms with E-state index in [-0.39, 0.29) is 24.7 Å². The van der Waals surface area contributed by atoms with E-state index in [2.05, 4.69) is 10.3 Å². The molecule has 1 aromatic heterocycles. The highest BCUT2D eigenvalue weighted by atomic mass is 35.5. The van der Waals surface area contributed by atoms with Crippen LogP contribution in [0.4, 0.5) is 29.3 Å². The average Bonchev–Trinajstić information content (AvgIpc) is 3.59. The number of alkyl halides is 3. The quantitative estimate of drug-likeness (QED) is 0.559. The van der Waals surface area contributed by atoms with Crippen LogP contribution in [0.3, 0.4) is 0 Å². The van der Waals surface area contributed by atoms with Gasteiger partial charge in [0.05, 0.1) is 51.3 Å². The summed E-state index contributed by atoms with van der Waals surface area (Å²) in [6.45, 7) is 0.798. The number of aromatic nitrogens is 1. The van der Waals surface area contributed by atoms with Crippen LogP contribution >= 0.6 is 23.2 Å². The van der Waals surface area contributed by atoms with Crippen molar-refractivity contribution in [2.45, 2.75) is 31.5 Å². The Kier molecular flexibility index (Phi) is 6.17. The lowest BCUT2D eigenvalue weighted by Gasteiger charge is -2.27. The van der Waals surface area contributed by atoms with Crippen LogP contribution in [0.25, 0.3) is 5.57 Å². The Morgan fingerprint density at radius 1 is 1.19 bits per heavy atom. The average molecular weight is 541 g/mol. The fourth-order valence-electron chi connectivity index (χ4n) is 4.65. The van der Waals surface area contributed by atoms with Crippen LogP contribution in [0.2, 0.25) is 10.0 Å². The number of halogens is 5. The number of urea groups is 1. The number of hydrogen-bond acceptors (Lipinski definition) is 4. The lowest BCUT2D eigenvalue weighted by Crippen LogP contribution is -2.38. The lowest BCUT2D eigenvalue weighted by molar-refractivity contribution is -0.137. The fourth-order valence-corrected chi connectivity index (χ4v) is 5.22. The first-order chi connectivity index (χ1) is 17.0. The number of carbonyl (C=O) groups excluding carboxylic acids is 2. The molecule has 2 N–H and O–H groups in total. The molecular weight excluding hydrogens is 520 g/mol. The monoisotopic (exact) mass is 540 g/mol. The normalized spacial score (nSPS) is 21.1. The number of rotatable bonds is 3. The second-order valence-corrected chi connectivity index (χ2v) is 9.97. The highest BCUT2D eigenvalue weighted by Gasteiger charge is 2.62. The maximum Gasteiger partial charge on any atom is 0.417 e. The molecule has 2 fully saturated rings. The highest BCUT2D eigenvalue weighted by molar-refractivity contribution is 6.32. The number of β-amino-alcohol motifs (C(OH)–C–C–N with tert-alkyl or cyclic N) is 1. The van der Waals surface area contributed by atoms with Crippen LogP contribution < -0.4 is 10.2 Å². The topological polar surface area (TPSA) is 85.8 Å². The molecule has 1 aliphatic carbocycles. The second-order valence-electron chi connectivity index (χ2n) is 9.16. The van der Waals surface area contributed by atoms with Crippen molar-refractivity contribution in [3.63, 3.8) is 0 Å². The van der Waals surface area contributed by atoms with Gasteiger partial charge in [-0.25, -0.2) is 4.79 Å². The summed E-state index contributed by atoms with van der Waals surface area (Å²) >= 11 is 12.2. The molecule has 1 saturated carbocycles. The first kappa shape index (κ1) is 24.9. The van der Waals surface area contributed by atoms with Crippen molar-refractivity contribution in [1.82, 2.24) is 9.88 Å². The van der Waals surface area contributed by atoms with Gasteiger partial charge in [-0.15, -0.1) is 0 Å². The van der Waals surface area contributed by atoms with Gasteiger partial charge in [0.2, 0.25) is 5.91 Å². The summed E-state index contributed by atoms with van der Waals surface area (Å²) < 4.78 is 38.6. The number of hydrogen-bond donors (Lipinski definition) is 2. The van der Waals surface area contributed by atoms with Crippen molar-refractivity contribution < 1.29 is 27.9 Å². The van der Waals surface area contributed by atoms with Crippen molar-refractivity contribution in [3.8, 4) is 0 Å². The van der Waals surface area contributed by atoms with Gasteiger partial charge in [-0.1, -0.05) is 29.3 Å². The number of amides is 3. The summed E-state index contributed by atoms with van der Waals surface area (Å²) in [7, 11) is 0. The molecule has 0 bridgehead atoms. The summed E-state index contributed by atoms with van der Waals surface area (Å²) in [5.41, 5.74) is 0.447. The number of benzene rings is 1. The van der Waals surface area contributed by atoms with E-state index in [9.17, 15) is 27.9 Å². The predicted octanol–water partition coefficient (Wildman–Crippen LogP) is 5.22. The molecule has 0 radical (unpaired) electrons. The van der Waals surface area contributed by atoms with E-state index in [0.717, 1.165) is 23.8 Å². The van der Waals surface area contributed by atoms with Crippen molar-refractivity contribution in [3.05, 3.63) is 57.8 Å². The van der Waals surface area contributed by atoms with Crippen LogP contribution in [-0.2, 0) is 11.0 Å². The Bertz CT molecular complexity index is 1280. The second kappa shape index (κ2) is 8.93. The molecule has 1 unspecified atom stereocenters. The van der Waals surface area contributed by atoms with E-state index in [1.807, 2.05) is 0 Å². The van der Waals surface area contributed by atoms with E-state index in [4.69, 9.17) is 23.2 Å². The van der Waals surface area contributed by atoms with Gasteiger partial charge in [0.15, 0.2) is 0 Å². The van der Waals surface area contributed by atoms with Gasteiger partial charge in [-0.05, 0) is 49.1 Å². The summed E-state index contributed by atoms with van der Waals surface area (Å²) in [5.74, 6) is -0.103. The molecule has 3 aliphatic rings. The molecule has 1 saturated heterocycles. The summed E-state index contributed by atoms with van der Waals surface area (Å²) in [4.78, 5) is 32.8. The molecule has 7 nitrogen and oxygen atoms in total. The van der Waals surface area contributed by atoms with Gasteiger partial charge in [-0.2, -0.15) is 13.2 Å². The molecule has 3 heterocycles. The number of pyridine rings is 1. The first-order valence-corrected chi connectivity index (χ1v) is 12.0. The van der Waals surface area contributed by atoms with Gasteiger partial charge in [-0.3, -0.25) is 9.78 Å². The highest BCUT2D eigenvalue weighted by Crippen LogP contribution is 2.54. The molecule has 3 amide bonds. The van der Waals surface area contributed by atoms with Crippen LogP contribution in [0.1, 0.15) is 30.5 Å². The largest absolute Gasteiger partial charge is 0.417 e. The molecule has 36 heavy (non-hydrogen) atoms. The summed E-state index contributed by atoms with van der Waals surface area (Å²) in [6.07, 6.45) is -0.0802. The van der Waals surface area contributed by atoms with Crippen LogP contribution in [0, 0.1) is 5.41 Å². The zero-order chi connectivity index (χ0) is 25.8. The first-order valence-electron chi connectivity index (χ1n) is 11.3. The van der Waals surface area contributed by atoms with E-state index in [1.165, 1.54) is 9.80 Å². The Morgan fingerprint density at radius 3 is 2.50 bits per heavy atom. The zero-order valence-corrected chi connectivity index (χ0v) is 20.3. The number of nitrogens with zero attached hydrogens (tertiary/aromatic N) is 3. The van der Waals surface area contributed by atoms with Crippen LogP contribution in [-0.4, -0.2) is 52.7 Å². The number of nitrogens with one attached hydrogen (secondary N) is 1. The number of aliphatic hydroxyl groups excluding tert-OH is 1. The van der Waals surface area contributed by atoms with E-state index < -0.39 is 34.3 Å². The minimum absolute atomic E-state index is 0.103. The molecule has 5 rings (SSSR count). The van der Waals surface area contributed by atoms with Crippen LogP contribution in [0.5, 0.6) is 0 Å². The predicted molar refractivity (Wildman–Crippen MR) is 129 cm³/mol. The molecule has 2 aromatic rings. The van der Waals surface area contributed by atoms with Crippen molar-refractivity contribution in [2.24, 2.45) is 5.41 Å². The third kappa shape index (κ3) is 4.42. The summed E-state index contributed by atoms with van der Waals surface area (Å²) in [6, 6.07) is 4.22. The van der Waals surface area contributed by atoms with Gasteiger partial charge < -0.3 is 20.2 Å². The Hall–Kier alpha value is -2.82. The number of anilines is 2. The SMILES string of the molecule is O=C(Nc1ccc(C(F)(F)F)c(Cl)c1)N1CC=C(c2ncc(N3CC(O)C4(CC4)C3=O)cc2Cl)CC1. The third-order valence-electron chi connectivity index (χ3n) is 6.92. The standard InChI is InChI=1S/C24H21Cl2F3N4O3/c25-17-9-14(1-2-16(17)24(27,28)29)31-22(36)32-7-3-13(4-8-32)20-18(26)10-15(11-30-20)33-12-19(34)23(5-6-23)21(33)35/h1-3,9-11,19,34H,4-8,12H2,(H,31,36). The molecule has 1 aromatic carbocycles. The third-order valence-corrected chi connectivity index (χ3v) is 7.52. The van der Waals surface area contributed by atoms with Gasteiger partial charge in [0, 0.05) is 18.8 Å². The number of aliphatic hydroxyl groups is 1. The molecule has 1 spiro atoms. The Balaban J connectivity index is 1.24. The fraction of sp³-hybridized carbons (Fsp3) is 0.375. The summed E-state index contributed by atoms with van der Waals surface area (Å²) in [5, 5.41) is 12.7. The number of carbonyl (C=O) groups is 2. The smallest absolute Gasteiger partial charge is 0.390 e. The molecule has 1 atom stereocenters. The van der Waals surface area contributed by atoms with Crippen molar-refractivity contribution >= 4 is 52.1 Å². The zero-order valence-electron chi connectivity index (χ0n) is 18.8. The van der Waals surface area contributed by atoms with Gasteiger partial charge >= 0.3 is 12.2 Å².